The van der Waals surface area contributed by atoms with Crippen LogP contribution < -0.4 is 16.4 Å². The molecule has 0 saturated carbocycles. The lowest BCUT2D eigenvalue weighted by molar-refractivity contribution is -0.117. The van der Waals surface area contributed by atoms with Gasteiger partial charge in [0.15, 0.2) is 0 Å². The highest BCUT2D eigenvalue weighted by atomic mass is 79.9. The minimum absolute atomic E-state index is 0.163. The maximum atomic E-state index is 11.9. The summed E-state index contributed by atoms with van der Waals surface area (Å²) in [5, 5.41) is 7.51. The summed E-state index contributed by atoms with van der Waals surface area (Å²) in [6.45, 7) is 3.37. The summed E-state index contributed by atoms with van der Waals surface area (Å²) in [4.78, 5) is 35.3. The molecular formula is C12H12BrN3O3. The fraction of sp³-hybridized carbons (Fsp3) is 0.250. The Hall–Kier alpha value is -1.89. The molecule has 0 aliphatic carbocycles. The van der Waals surface area contributed by atoms with E-state index >= 15 is 0 Å². The highest BCUT2D eigenvalue weighted by Crippen LogP contribution is 2.22. The van der Waals surface area contributed by atoms with Gasteiger partial charge in [0.2, 0.25) is 5.91 Å². The third-order valence-corrected chi connectivity index (χ3v) is 2.97. The zero-order chi connectivity index (χ0) is 14.2. The van der Waals surface area contributed by atoms with Crippen molar-refractivity contribution in [1.82, 2.24) is 10.2 Å². The van der Waals surface area contributed by atoms with E-state index in [-0.39, 0.29) is 16.7 Å². The maximum absolute atomic E-state index is 11.9. The molecule has 0 aliphatic heterocycles. The first-order valence-corrected chi connectivity index (χ1v) is 6.34. The van der Waals surface area contributed by atoms with Gasteiger partial charge in [-0.2, -0.15) is 0 Å². The molecule has 0 aliphatic rings. The Morgan fingerprint density at radius 3 is 2.47 bits per heavy atom. The number of alkyl halides is 1. The number of aromatic amines is 2. The van der Waals surface area contributed by atoms with E-state index in [9.17, 15) is 14.4 Å². The highest BCUT2D eigenvalue weighted by Gasteiger charge is 2.24. The zero-order valence-electron chi connectivity index (χ0n) is 10.3. The van der Waals surface area contributed by atoms with Crippen molar-refractivity contribution >= 4 is 38.3 Å². The van der Waals surface area contributed by atoms with Gasteiger partial charge in [-0.1, -0.05) is 22.0 Å². The summed E-state index contributed by atoms with van der Waals surface area (Å²) >= 11 is 3.23. The van der Waals surface area contributed by atoms with E-state index in [0.29, 0.717) is 5.69 Å². The summed E-state index contributed by atoms with van der Waals surface area (Å²) in [5.41, 5.74) is -0.566. The number of hydrogen-bond acceptors (Lipinski definition) is 3. The summed E-state index contributed by atoms with van der Waals surface area (Å²) in [6.07, 6.45) is 0. The molecule has 2 aromatic rings. The summed E-state index contributed by atoms with van der Waals surface area (Å²) < 4.78 is -0.775. The van der Waals surface area contributed by atoms with Gasteiger partial charge in [-0.3, -0.25) is 24.6 Å². The monoisotopic (exact) mass is 325 g/mol. The predicted octanol–water partition coefficient (Wildman–Crippen LogP) is 1.33. The van der Waals surface area contributed by atoms with E-state index in [1.807, 2.05) is 0 Å². The molecule has 7 heteroatoms. The second-order valence-electron chi connectivity index (χ2n) is 4.56. The van der Waals surface area contributed by atoms with E-state index in [0.717, 1.165) is 0 Å². The van der Waals surface area contributed by atoms with Crippen LogP contribution in [0, 0.1) is 0 Å². The summed E-state index contributed by atoms with van der Waals surface area (Å²) in [6, 6.07) is 4.71. The number of rotatable bonds is 2. The van der Waals surface area contributed by atoms with Gasteiger partial charge in [-0.05, 0) is 26.0 Å². The van der Waals surface area contributed by atoms with Crippen molar-refractivity contribution in [3.63, 3.8) is 0 Å². The molecule has 0 unspecified atom stereocenters. The fourth-order valence-electron chi connectivity index (χ4n) is 1.60. The van der Waals surface area contributed by atoms with Crippen LogP contribution in [0.2, 0.25) is 0 Å². The minimum atomic E-state index is -0.775. The third kappa shape index (κ3) is 2.60. The molecule has 0 radical (unpaired) electrons. The van der Waals surface area contributed by atoms with E-state index in [1.165, 1.54) is 6.07 Å². The molecule has 1 heterocycles. The molecule has 1 aromatic carbocycles. The van der Waals surface area contributed by atoms with E-state index < -0.39 is 15.4 Å². The van der Waals surface area contributed by atoms with Crippen LogP contribution in [0.4, 0.5) is 5.69 Å². The summed E-state index contributed by atoms with van der Waals surface area (Å²) in [7, 11) is 0. The topological polar surface area (TPSA) is 94.8 Å². The van der Waals surface area contributed by atoms with Gasteiger partial charge in [0.25, 0.3) is 11.1 Å². The molecule has 0 atom stereocenters. The first-order valence-electron chi connectivity index (χ1n) is 5.55. The van der Waals surface area contributed by atoms with Crippen molar-refractivity contribution < 1.29 is 4.79 Å². The number of nitrogens with one attached hydrogen (secondary N) is 3. The zero-order valence-corrected chi connectivity index (χ0v) is 11.9. The second kappa shape index (κ2) is 4.65. The van der Waals surface area contributed by atoms with Gasteiger partial charge in [-0.15, -0.1) is 0 Å². The Balaban J connectivity index is 2.63. The normalized spacial score (nSPS) is 11.5. The summed E-state index contributed by atoms with van der Waals surface area (Å²) in [5.74, 6) is -0.306. The van der Waals surface area contributed by atoms with Gasteiger partial charge in [0.1, 0.15) is 0 Å². The molecular weight excluding hydrogens is 314 g/mol. The first kappa shape index (κ1) is 13.5. The van der Waals surface area contributed by atoms with E-state index in [2.05, 4.69) is 31.4 Å². The van der Waals surface area contributed by atoms with Crippen molar-refractivity contribution in [2.75, 3.05) is 5.32 Å². The Labute approximate surface area is 116 Å². The van der Waals surface area contributed by atoms with Crippen molar-refractivity contribution in [2.45, 2.75) is 18.2 Å². The molecule has 3 N–H and O–H groups in total. The number of amides is 1. The molecule has 100 valence electrons. The number of aromatic nitrogens is 2. The number of anilines is 1. The van der Waals surface area contributed by atoms with Crippen LogP contribution in [0.25, 0.3) is 10.8 Å². The van der Waals surface area contributed by atoms with Crippen LogP contribution in [0.3, 0.4) is 0 Å². The average Bonchev–Trinajstić information content (AvgIpc) is 2.33. The standard InChI is InChI=1S/C12H12BrN3O3/c1-12(2,13)11(19)14-7-5-3-4-6-8(7)10(18)16-15-9(6)17/h3-5H,1-2H3,(H,14,19)(H,15,17)(H,16,18). The molecule has 2 rings (SSSR count). The smallest absolute Gasteiger partial charge is 0.272 e. The molecule has 0 saturated heterocycles. The number of halogens is 1. The lowest BCUT2D eigenvalue weighted by atomic mass is 10.1. The quantitative estimate of drug-likeness (QED) is 0.727. The van der Waals surface area contributed by atoms with Crippen LogP contribution >= 0.6 is 15.9 Å². The Morgan fingerprint density at radius 2 is 1.84 bits per heavy atom. The van der Waals surface area contributed by atoms with Crippen LogP contribution in [0.15, 0.2) is 27.8 Å². The Morgan fingerprint density at radius 1 is 1.21 bits per heavy atom. The fourth-order valence-corrected chi connectivity index (χ4v) is 1.70. The van der Waals surface area contributed by atoms with Gasteiger partial charge in [-0.25, -0.2) is 0 Å². The van der Waals surface area contributed by atoms with Gasteiger partial charge in [0, 0.05) is 0 Å². The van der Waals surface area contributed by atoms with E-state index in [1.54, 1.807) is 26.0 Å². The van der Waals surface area contributed by atoms with E-state index in [4.69, 9.17) is 0 Å². The van der Waals surface area contributed by atoms with Gasteiger partial charge in [0.05, 0.1) is 20.8 Å². The van der Waals surface area contributed by atoms with Crippen molar-refractivity contribution in [3.8, 4) is 0 Å². The van der Waals surface area contributed by atoms with Crippen molar-refractivity contribution in [3.05, 3.63) is 38.9 Å². The van der Waals surface area contributed by atoms with Gasteiger partial charge < -0.3 is 5.32 Å². The van der Waals surface area contributed by atoms with Crippen LogP contribution in [-0.2, 0) is 4.79 Å². The second-order valence-corrected chi connectivity index (χ2v) is 6.55. The van der Waals surface area contributed by atoms with Gasteiger partial charge >= 0.3 is 0 Å². The maximum Gasteiger partial charge on any atom is 0.272 e. The largest absolute Gasteiger partial charge is 0.324 e. The molecule has 1 amide bonds. The Kier molecular flexibility index (Phi) is 3.32. The van der Waals surface area contributed by atoms with Crippen molar-refractivity contribution in [1.29, 1.82) is 0 Å². The SMILES string of the molecule is CC(C)(Br)C(=O)Nc1cccc2c(=O)[nH][nH]c(=O)c12. The third-order valence-electron chi connectivity index (χ3n) is 2.61. The van der Waals surface area contributed by atoms with Crippen LogP contribution in [0.5, 0.6) is 0 Å². The molecule has 0 spiro atoms. The lowest BCUT2D eigenvalue weighted by Crippen LogP contribution is -2.31. The van der Waals surface area contributed by atoms with Crippen LogP contribution in [-0.4, -0.2) is 20.4 Å². The number of carbonyl (C=O) groups is 1. The average molecular weight is 326 g/mol. The van der Waals surface area contributed by atoms with Crippen molar-refractivity contribution in [2.24, 2.45) is 0 Å². The molecule has 0 bridgehead atoms. The predicted molar refractivity (Wildman–Crippen MR) is 76.8 cm³/mol. The number of H-pyrrole nitrogens is 2. The molecule has 0 fully saturated rings. The number of carbonyl (C=O) groups excluding carboxylic acids is 1. The molecule has 1 aromatic heterocycles. The number of hydrogen-bond donors (Lipinski definition) is 3. The molecule has 6 nitrogen and oxygen atoms in total. The minimum Gasteiger partial charge on any atom is -0.324 e. The van der Waals surface area contributed by atoms with Crippen LogP contribution in [0.1, 0.15) is 13.8 Å². The Bertz CT molecular complexity index is 755. The highest BCUT2D eigenvalue weighted by molar-refractivity contribution is 9.10. The molecule has 19 heavy (non-hydrogen) atoms. The first-order chi connectivity index (χ1) is 8.80. The number of benzene rings is 1. The number of fused-ring (bicyclic) bond motifs is 1. The lowest BCUT2D eigenvalue weighted by Gasteiger charge is -2.16.